The number of benzene rings is 1. The third-order valence-electron chi connectivity index (χ3n) is 4.46. The molecule has 1 unspecified atom stereocenters. The van der Waals surface area contributed by atoms with E-state index >= 15 is 0 Å². The summed E-state index contributed by atoms with van der Waals surface area (Å²) in [5, 5.41) is 9.55. The highest BCUT2D eigenvalue weighted by molar-refractivity contribution is 5.44. The molecule has 0 radical (unpaired) electrons. The second-order valence-corrected chi connectivity index (χ2v) is 6.85. The standard InChI is InChI=1S/C16H22F2O/c1-15(2)7-8-16(3,4)12-9-10(5-6-11(12)15)13(19)14(17)18/h5-6,9,13-14,19H,7-8H2,1-4H3. The van der Waals surface area contributed by atoms with Crippen molar-refractivity contribution in [1.82, 2.24) is 0 Å². The average molecular weight is 268 g/mol. The highest BCUT2D eigenvalue weighted by Gasteiger charge is 2.37. The molecule has 1 aromatic carbocycles. The summed E-state index contributed by atoms with van der Waals surface area (Å²) in [5.74, 6) is 0. The Morgan fingerprint density at radius 3 is 2.05 bits per heavy atom. The van der Waals surface area contributed by atoms with Gasteiger partial charge in [0.2, 0.25) is 0 Å². The van der Waals surface area contributed by atoms with Crippen LogP contribution in [0.1, 0.15) is 63.3 Å². The molecule has 0 saturated heterocycles. The molecule has 1 atom stereocenters. The molecular weight excluding hydrogens is 246 g/mol. The molecule has 2 rings (SSSR count). The first-order valence-electron chi connectivity index (χ1n) is 6.76. The third kappa shape index (κ3) is 2.53. The van der Waals surface area contributed by atoms with Gasteiger partial charge in [0.15, 0.2) is 0 Å². The molecule has 1 N–H and O–H groups in total. The zero-order chi connectivity index (χ0) is 14.4. The fraction of sp³-hybridized carbons (Fsp3) is 0.625. The molecule has 3 heteroatoms. The van der Waals surface area contributed by atoms with Gasteiger partial charge in [-0.05, 0) is 40.4 Å². The second kappa shape index (κ2) is 4.55. The molecule has 0 spiro atoms. The molecule has 19 heavy (non-hydrogen) atoms. The Balaban J connectivity index is 2.53. The van der Waals surface area contributed by atoms with Crippen molar-refractivity contribution in [3.8, 4) is 0 Å². The van der Waals surface area contributed by atoms with E-state index in [1.807, 2.05) is 6.07 Å². The minimum atomic E-state index is -2.74. The number of fused-ring (bicyclic) bond motifs is 1. The number of halogens is 2. The van der Waals surface area contributed by atoms with E-state index < -0.39 is 12.5 Å². The van der Waals surface area contributed by atoms with Crippen LogP contribution in [0.3, 0.4) is 0 Å². The highest BCUT2D eigenvalue weighted by atomic mass is 19.3. The molecule has 0 saturated carbocycles. The first-order valence-corrected chi connectivity index (χ1v) is 6.76. The summed E-state index contributed by atoms with van der Waals surface area (Å²) in [6.07, 6.45) is -2.31. The Morgan fingerprint density at radius 2 is 1.53 bits per heavy atom. The van der Waals surface area contributed by atoms with Gasteiger partial charge in [-0.2, -0.15) is 0 Å². The predicted octanol–water partition coefficient (Wildman–Crippen LogP) is 4.33. The van der Waals surface area contributed by atoms with Crippen LogP contribution in [-0.2, 0) is 10.8 Å². The molecule has 0 amide bonds. The average Bonchev–Trinajstić information content (AvgIpc) is 2.33. The van der Waals surface area contributed by atoms with Crippen LogP contribution < -0.4 is 0 Å². The van der Waals surface area contributed by atoms with Gasteiger partial charge < -0.3 is 5.11 Å². The Kier molecular flexibility index (Phi) is 3.46. The van der Waals surface area contributed by atoms with Crippen LogP contribution in [-0.4, -0.2) is 11.5 Å². The summed E-state index contributed by atoms with van der Waals surface area (Å²) < 4.78 is 25.3. The first-order chi connectivity index (χ1) is 8.65. The zero-order valence-corrected chi connectivity index (χ0v) is 12.0. The van der Waals surface area contributed by atoms with Gasteiger partial charge in [-0.1, -0.05) is 45.9 Å². The molecule has 0 aromatic heterocycles. The molecule has 0 aliphatic heterocycles. The largest absolute Gasteiger partial charge is 0.382 e. The highest BCUT2D eigenvalue weighted by Crippen LogP contribution is 2.46. The molecule has 1 aliphatic rings. The lowest BCUT2D eigenvalue weighted by atomic mass is 9.63. The number of aliphatic hydroxyl groups is 1. The van der Waals surface area contributed by atoms with Gasteiger partial charge in [0.25, 0.3) is 6.43 Å². The summed E-state index contributed by atoms with van der Waals surface area (Å²) in [5.41, 5.74) is 2.68. The number of hydrogen-bond donors (Lipinski definition) is 1. The molecular formula is C16H22F2O. The molecule has 1 aromatic rings. The SMILES string of the molecule is CC1(C)CCC(C)(C)c2cc(C(O)C(F)F)ccc21. The van der Waals surface area contributed by atoms with Gasteiger partial charge in [-0.25, -0.2) is 8.78 Å². The lowest BCUT2D eigenvalue weighted by molar-refractivity contribution is -0.00590. The second-order valence-electron chi connectivity index (χ2n) is 6.85. The van der Waals surface area contributed by atoms with Crippen molar-refractivity contribution >= 4 is 0 Å². The Hall–Kier alpha value is -0.960. The number of hydrogen-bond acceptors (Lipinski definition) is 1. The van der Waals surface area contributed by atoms with Gasteiger partial charge >= 0.3 is 0 Å². The molecule has 0 bridgehead atoms. The summed E-state index contributed by atoms with van der Waals surface area (Å²) >= 11 is 0. The summed E-state index contributed by atoms with van der Waals surface area (Å²) in [6, 6.07) is 5.32. The first kappa shape index (κ1) is 14.4. The van der Waals surface area contributed by atoms with E-state index in [9.17, 15) is 13.9 Å². The van der Waals surface area contributed by atoms with Gasteiger partial charge in [-0.3, -0.25) is 0 Å². The van der Waals surface area contributed by atoms with Crippen molar-refractivity contribution in [1.29, 1.82) is 0 Å². The van der Waals surface area contributed by atoms with Crippen molar-refractivity contribution in [2.45, 2.75) is 63.9 Å². The van der Waals surface area contributed by atoms with Crippen LogP contribution in [0.15, 0.2) is 18.2 Å². The predicted molar refractivity (Wildman–Crippen MR) is 72.7 cm³/mol. The lowest BCUT2D eigenvalue weighted by Gasteiger charge is -2.42. The van der Waals surface area contributed by atoms with Crippen LogP contribution in [0.25, 0.3) is 0 Å². The Labute approximate surface area is 113 Å². The minimum Gasteiger partial charge on any atom is -0.382 e. The van der Waals surface area contributed by atoms with Gasteiger partial charge in [0.05, 0.1) is 0 Å². The molecule has 106 valence electrons. The van der Waals surface area contributed by atoms with Gasteiger partial charge in [0, 0.05) is 0 Å². The number of alkyl halides is 2. The molecule has 0 fully saturated rings. The van der Waals surface area contributed by atoms with E-state index in [-0.39, 0.29) is 10.8 Å². The molecule has 1 aliphatic carbocycles. The quantitative estimate of drug-likeness (QED) is 0.846. The maximum Gasteiger partial charge on any atom is 0.268 e. The van der Waals surface area contributed by atoms with E-state index in [4.69, 9.17) is 0 Å². The van der Waals surface area contributed by atoms with Crippen molar-refractivity contribution in [2.75, 3.05) is 0 Å². The summed E-state index contributed by atoms with van der Waals surface area (Å²) in [7, 11) is 0. The van der Waals surface area contributed by atoms with E-state index in [2.05, 4.69) is 27.7 Å². The van der Waals surface area contributed by atoms with Crippen LogP contribution in [0.4, 0.5) is 8.78 Å². The maximum atomic E-state index is 12.6. The van der Waals surface area contributed by atoms with Crippen LogP contribution in [0.5, 0.6) is 0 Å². The monoisotopic (exact) mass is 268 g/mol. The van der Waals surface area contributed by atoms with Crippen LogP contribution >= 0.6 is 0 Å². The van der Waals surface area contributed by atoms with Gasteiger partial charge in [0.1, 0.15) is 6.10 Å². The number of rotatable bonds is 2. The number of aliphatic hydroxyl groups excluding tert-OH is 1. The fourth-order valence-corrected chi connectivity index (χ4v) is 2.94. The Bertz CT molecular complexity index is 478. The van der Waals surface area contributed by atoms with Crippen molar-refractivity contribution in [3.63, 3.8) is 0 Å². The van der Waals surface area contributed by atoms with E-state index in [1.54, 1.807) is 12.1 Å². The van der Waals surface area contributed by atoms with E-state index in [0.717, 1.165) is 18.4 Å². The van der Waals surface area contributed by atoms with Crippen LogP contribution in [0, 0.1) is 0 Å². The zero-order valence-electron chi connectivity index (χ0n) is 12.0. The summed E-state index contributed by atoms with van der Waals surface area (Å²) in [4.78, 5) is 0. The third-order valence-corrected chi connectivity index (χ3v) is 4.46. The minimum absolute atomic E-state index is 0.0251. The van der Waals surface area contributed by atoms with Crippen molar-refractivity contribution in [3.05, 3.63) is 34.9 Å². The Morgan fingerprint density at radius 1 is 1.00 bits per heavy atom. The van der Waals surface area contributed by atoms with Gasteiger partial charge in [-0.15, -0.1) is 0 Å². The summed E-state index contributed by atoms with van der Waals surface area (Å²) in [6.45, 7) is 8.65. The lowest BCUT2D eigenvalue weighted by Crippen LogP contribution is -2.34. The van der Waals surface area contributed by atoms with Crippen LogP contribution in [0.2, 0.25) is 0 Å². The van der Waals surface area contributed by atoms with Crippen molar-refractivity contribution < 1.29 is 13.9 Å². The van der Waals surface area contributed by atoms with E-state index in [1.165, 1.54) is 5.56 Å². The normalized spacial score (nSPS) is 22.1. The maximum absolute atomic E-state index is 12.6. The fourth-order valence-electron chi connectivity index (χ4n) is 2.94. The topological polar surface area (TPSA) is 20.2 Å². The molecule has 1 nitrogen and oxygen atoms in total. The van der Waals surface area contributed by atoms with E-state index in [0.29, 0.717) is 5.56 Å². The smallest absolute Gasteiger partial charge is 0.268 e. The van der Waals surface area contributed by atoms with Crippen molar-refractivity contribution in [2.24, 2.45) is 0 Å². The molecule has 0 heterocycles.